The van der Waals surface area contributed by atoms with Crippen LogP contribution in [0.5, 0.6) is 5.75 Å². The summed E-state index contributed by atoms with van der Waals surface area (Å²) in [6.07, 6.45) is -2.81. The van der Waals surface area contributed by atoms with E-state index in [1.165, 1.54) is 0 Å². The highest BCUT2D eigenvalue weighted by molar-refractivity contribution is 5.98. The van der Waals surface area contributed by atoms with Crippen LogP contribution in [0, 0.1) is 10.1 Å². The number of carbonyl (C=O) groups is 1. The summed E-state index contributed by atoms with van der Waals surface area (Å²) in [5.74, 6) is -3.58. The zero-order valence-electron chi connectivity index (χ0n) is 7.55. The van der Waals surface area contributed by atoms with E-state index in [1.807, 2.05) is 0 Å². The summed E-state index contributed by atoms with van der Waals surface area (Å²) in [4.78, 5) is 23.2. The molecule has 16 heavy (non-hydrogen) atoms. The molecule has 1 aromatic rings. The van der Waals surface area contributed by atoms with Gasteiger partial charge in [0, 0.05) is 0 Å². The molecular weight excluding hydrogens is 228 g/mol. The van der Waals surface area contributed by atoms with Gasteiger partial charge in [-0.15, -0.1) is 0 Å². The number of aromatic nitrogens is 1. The van der Waals surface area contributed by atoms with Crippen molar-refractivity contribution in [1.29, 1.82) is 0 Å². The van der Waals surface area contributed by atoms with Gasteiger partial charge < -0.3 is 21.0 Å². The van der Waals surface area contributed by atoms with E-state index in [-0.39, 0.29) is 0 Å². The number of primary amides is 1. The Kier molecular flexibility index (Phi) is 2.97. The first kappa shape index (κ1) is 11.8. The van der Waals surface area contributed by atoms with Crippen molar-refractivity contribution in [2.75, 3.05) is 0 Å². The molecule has 1 rings (SSSR count). The summed E-state index contributed by atoms with van der Waals surface area (Å²) >= 11 is 0. The molecule has 1 aromatic heterocycles. The molecule has 0 atom stereocenters. The molecule has 0 aliphatic carbocycles. The second-order valence-corrected chi connectivity index (χ2v) is 2.68. The van der Waals surface area contributed by atoms with E-state index < -0.39 is 40.0 Å². The van der Waals surface area contributed by atoms with E-state index in [1.54, 1.807) is 0 Å². The first-order chi connectivity index (χ1) is 7.36. The molecule has 3 N–H and O–H groups in total. The largest absolute Gasteiger partial charge is 0.504 e. The summed E-state index contributed by atoms with van der Waals surface area (Å²) in [6.45, 7) is 0. The number of hydrogen-bond donors (Lipinski definition) is 2. The van der Waals surface area contributed by atoms with Crippen LogP contribution in [0.25, 0.3) is 0 Å². The monoisotopic (exact) mass is 233 g/mol. The van der Waals surface area contributed by atoms with Crippen LogP contribution in [0.4, 0.5) is 14.6 Å². The number of amides is 1. The van der Waals surface area contributed by atoms with Crippen molar-refractivity contribution in [2.45, 2.75) is 6.43 Å². The number of halogens is 2. The smallest absolute Gasteiger partial charge is 0.377 e. The van der Waals surface area contributed by atoms with Crippen LogP contribution < -0.4 is 5.73 Å². The average molecular weight is 233 g/mol. The Morgan fingerprint density at radius 1 is 1.62 bits per heavy atom. The van der Waals surface area contributed by atoms with Crippen LogP contribution in [0.3, 0.4) is 0 Å². The molecule has 0 spiro atoms. The van der Waals surface area contributed by atoms with E-state index in [0.717, 1.165) is 0 Å². The van der Waals surface area contributed by atoms with Gasteiger partial charge >= 0.3 is 5.82 Å². The molecule has 0 fully saturated rings. The summed E-state index contributed by atoms with van der Waals surface area (Å²) in [6, 6.07) is 0. The molecule has 1 heterocycles. The topological polar surface area (TPSA) is 119 Å². The molecule has 0 aliphatic heterocycles. The molecule has 9 heteroatoms. The Bertz CT molecular complexity index is 463. The lowest BCUT2D eigenvalue weighted by molar-refractivity contribution is -0.389. The molecule has 0 unspecified atom stereocenters. The van der Waals surface area contributed by atoms with E-state index in [9.17, 15) is 23.7 Å². The van der Waals surface area contributed by atoms with Gasteiger partial charge in [0.1, 0.15) is 5.56 Å². The zero-order valence-corrected chi connectivity index (χ0v) is 7.55. The lowest BCUT2D eigenvalue weighted by atomic mass is 10.1. The number of alkyl halides is 2. The molecule has 0 aliphatic rings. The van der Waals surface area contributed by atoms with Gasteiger partial charge in [0.15, 0.2) is 11.9 Å². The lowest BCUT2D eigenvalue weighted by Gasteiger charge is -2.06. The number of nitrogens with two attached hydrogens (primary N) is 1. The van der Waals surface area contributed by atoms with Crippen molar-refractivity contribution in [3.05, 3.63) is 27.4 Å². The maximum Gasteiger partial charge on any atom is 0.377 e. The van der Waals surface area contributed by atoms with Crippen LogP contribution in [0.15, 0.2) is 6.20 Å². The third-order valence-corrected chi connectivity index (χ3v) is 1.72. The van der Waals surface area contributed by atoms with Gasteiger partial charge in [0.2, 0.25) is 0 Å². The standard InChI is InChI=1S/C7H5F2N3O4/c8-5(9)3-2(13)1-11-7(12(15)16)4(3)6(10)14/h1,5,13H,(H2,10,14). The Labute approximate surface area is 86.7 Å². The fraction of sp³-hybridized carbons (Fsp3) is 0.143. The zero-order chi connectivity index (χ0) is 12.5. The van der Waals surface area contributed by atoms with Crippen LogP contribution in [-0.2, 0) is 0 Å². The van der Waals surface area contributed by atoms with Crippen molar-refractivity contribution in [3.63, 3.8) is 0 Å². The number of rotatable bonds is 3. The van der Waals surface area contributed by atoms with E-state index in [0.29, 0.717) is 6.20 Å². The number of hydrogen-bond acceptors (Lipinski definition) is 5. The minimum absolute atomic E-state index is 0.464. The summed E-state index contributed by atoms with van der Waals surface area (Å²) in [5, 5.41) is 19.5. The quantitative estimate of drug-likeness (QED) is 0.589. The third-order valence-electron chi connectivity index (χ3n) is 1.72. The van der Waals surface area contributed by atoms with Crippen molar-refractivity contribution in [2.24, 2.45) is 5.73 Å². The van der Waals surface area contributed by atoms with Crippen LogP contribution >= 0.6 is 0 Å². The fourth-order valence-corrected chi connectivity index (χ4v) is 1.11. The van der Waals surface area contributed by atoms with Gasteiger partial charge in [-0.25, -0.2) is 8.78 Å². The number of nitro groups is 1. The highest BCUT2D eigenvalue weighted by Gasteiger charge is 2.31. The highest BCUT2D eigenvalue weighted by atomic mass is 19.3. The normalized spacial score (nSPS) is 10.4. The molecule has 0 aromatic carbocycles. The van der Waals surface area contributed by atoms with Gasteiger partial charge in [-0.1, -0.05) is 0 Å². The van der Waals surface area contributed by atoms with Crippen molar-refractivity contribution < 1.29 is 23.6 Å². The second kappa shape index (κ2) is 4.04. The van der Waals surface area contributed by atoms with Gasteiger partial charge in [-0.3, -0.25) is 4.79 Å². The maximum atomic E-state index is 12.5. The first-order valence-electron chi connectivity index (χ1n) is 3.80. The number of nitrogens with zero attached hydrogens (tertiary/aromatic N) is 2. The Morgan fingerprint density at radius 2 is 2.19 bits per heavy atom. The number of carbonyl (C=O) groups excluding carboxylic acids is 1. The van der Waals surface area contributed by atoms with Gasteiger partial charge in [0.05, 0.1) is 5.56 Å². The fourth-order valence-electron chi connectivity index (χ4n) is 1.11. The summed E-state index contributed by atoms with van der Waals surface area (Å²) in [7, 11) is 0. The minimum Gasteiger partial charge on any atom is -0.504 e. The predicted octanol–water partition coefficient (Wildman–Crippen LogP) is 0.732. The van der Waals surface area contributed by atoms with Crippen molar-refractivity contribution in [3.8, 4) is 5.75 Å². The van der Waals surface area contributed by atoms with Crippen LogP contribution in [0.2, 0.25) is 0 Å². The second-order valence-electron chi connectivity index (χ2n) is 2.68. The van der Waals surface area contributed by atoms with Gasteiger partial charge in [-0.2, -0.15) is 0 Å². The Hall–Kier alpha value is -2.32. The average Bonchev–Trinajstić information content (AvgIpc) is 2.15. The van der Waals surface area contributed by atoms with E-state index in [4.69, 9.17) is 10.8 Å². The van der Waals surface area contributed by atoms with Gasteiger partial charge in [0.25, 0.3) is 12.3 Å². The number of aromatic hydroxyl groups is 1. The molecule has 0 radical (unpaired) electrons. The van der Waals surface area contributed by atoms with Crippen molar-refractivity contribution in [1.82, 2.24) is 4.98 Å². The summed E-state index contributed by atoms with van der Waals surface area (Å²) < 4.78 is 24.9. The molecule has 7 nitrogen and oxygen atoms in total. The first-order valence-corrected chi connectivity index (χ1v) is 3.80. The highest BCUT2D eigenvalue weighted by Crippen LogP contribution is 2.34. The lowest BCUT2D eigenvalue weighted by Crippen LogP contribution is -2.17. The molecular formula is C7H5F2N3O4. The van der Waals surface area contributed by atoms with Crippen LogP contribution in [0.1, 0.15) is 22.3 Å². The van der Waals surface area contributed by atoms with E-state index in [2.05, 4.69) is 4.98 Å². The third kappa shape index (κ3) is 1.87. The summed E-state index contributed by atoms with van der Waals surface area (Å²) in [5.41, 5.74) is 2.46. The minimum atomic E-state index is -3.27. The predicted molar refractivity (Wildman–Crippen MR) is 46.0 cm³/mol. The van der Waals surface area contributed by atoms with Crippen molar-refractivity contribution >= 4 is 11.7 Å². The SMILES string of the molecule is NC(=O)c1c([N+](=O)[O-])ncc(O)c1C(F)F. The Balaban J connectivity index is 3.63. The van der Waals surface area contributed by atoms with E-state index >= 15 is 0 Å². The van der Waals surface area contributed by atoms with Gasteiger partial charge in [-0.05, 0) is 9.91 Å². The van der Waals surface area contributed by atoms with Crippen LogP contribution in [-0.4, -0.2) is 20.9 Å². The molecule has 1 amide bonds. The Morgan fingerprint density at radius 3 is 2.56 bits per heavy atom. The number of pyridine rings is 1. The molecule has 0 saturated carbocycles. The molecule has 0 saturated heterocycles. The molecule has 86 valence electrons. The maximum absolute atomic E-state index is 12.5. The molecule has 0 bridgehead atoms.